The molecule has 0 saturated carbocycles. The van der Waals surface area contributed by atoms with Gasteiger partial charge in [-0.05, 0) is 44.2 Å². The van der Waals surface area contributed by atoms with Gasteiger partial charge in [0.05, 0.1) is 18.8 Å². The van der Waals surface area contributed by atoms with Crippen molar-refractivity contribution in [3.8, 4) is 5.75 Å². The molecule has 0 fully saturated rings. The van der Waals surface area contributed by atoms with E-state index in [-0.39, 0.29) is 30.1 Å². The van der Waals surface area contributed by atoms with Crippen molar-refractivity contribution < 1.29 is 28.5 Å². The van der Waals surface area contributed by atoms with Gasteiger partial charge in [0.1, 0.15) is 17.9 Å². The number of hydrogen-bond donors (Lipinski definition) is 0. The van der Waals surface area contributed by atoms with Gasteiger partial charge in [0.25, 0.3) is 0 Å². The van der Waals surface area contributed by atoms with Gasteiger partial charge in [-0.1, -0.05) is 12.1 Å². The van der Waals surface area contributed by atoms with Crippen molar-refractivity contribution in [3.05, 3.63) is 70.7 Å². The van der Waals surface area contributed by atoms with E-state index in [9.17, 15) is 14.8 Å². The molecule has 1 heterocycles. The van der Waals surface area contributed by atoms with Gasteiger partial charge in [-0.15, -0.1) is 0 Å². The maximum atomic E-state index is 12.7. The molecule has 0 saturated heterocycles. The Labute approximate surface area is 167 Å². The van der Waals surface area contributed by atoms with Gasteiger partial charge in [0.2, 0.25) is 5.52 Å². The molecule has 150 valence electrons. The predicted molar refractivity (Wildman–Crippen MR) is 103 cm³/mol. The van der Waals surface area contributed by atoms with E-state index in [2.05, 4.69) is 4.98 Å². The molecule has 0 aliphatic heterocycles. The van der Waals surface area contributed by atoms with Gasteiger partial charge < -0.3 is 19.4 Å². The van der Waals surface area contributed by atoms with Gasteiger partial charge in [0.15, 0.2) is 5.69 Å². The summed E-state index contributed by atoms with van der Waals surface area (Å²) < 4.78 is 16.1. The van der Waals surface area contributed by atoms with Gasteiger partial charge in [0, 0.05) is 6.07 Å². The van der Waals surface area contributed by atoms with E-state index in [1.165, 1.54) is 0 Å². The van der Waals surface area contributed by atoms with Crippen molar-refractivity contribution >= 4 is 23.0 Å². The highest BCUT2D eigenvalue weighted by Crippen LogP contribution is 2.16. The van der Waals surface area contributed by atoms with Crippen LogP contribution in [0.3, 0.4) is 0 Å². The third-order valence-electron chi connectivity index (χ3n) is 4.04. The molecule has 0 bridgehead atoms. The summed E-state index contributed by atoms with van der Waals surface area (Å²) in [5, 5.41) is 12.7. The number of benzene rings is 2. The molecule has 0 spiro atoms. The van der Waals surface area contributed by atoms with Gasteiger partial charge in [-0.25, -0.2) is 14.6 Å². The minimum absolute atomic E-state index is 0.0245. The van der Waals surface area contributed by atoms with Crippen molar-refractivity contribution in [2.45, 2.75) is 20.5 Å². The second-order valence-electron chi connectivity index (χ2n) is 5.94. The molecular formula is C21H20N2O6. The number of ether oxygens (including phenoxy) is 3. The third-order valence-corrected chi connectivity index (χ3v) is 4.04. The van der Waals surface area contributed by atoms with E-state index in [1.807, 2.05) is 6.92 Å². The van der Waals surface area contributed by atoms with Crippen molar-refractivity contribution in [3.63, 3.8) is 0 Å². The SMILES string of the molecule is CCOC(=O)c1c(COC(=O)c2ccc(OCC)cc2)nc2ccccc2[n+]1[O-]. The summed E-state index contributed by atoms with van der Waals surface area (Å²) in [7, 11) is 0. The first kappa shape index (κ1) is 20.1. The zero-order valence-corrected chi connectivity index (χ0v) is 16.1. The number of esters is 2. The summed E-state index contributed by atoms with van der Waals surface area (Å²) in [5.41, 5.74) is 0.628. The fraction of sp³-hybridized carbons (Fsp3) is 0.238. The van der Waals surface area contributed by atoms with Crippen LogP contribution in [-0.4, -0.2) is 30.1 Å². The van der Waals surface area contributed by atoms with Crippen LogP contribution in [-0.2, 0) is 16.1 Å². The van der Waals surface area contributed by atoms with E-state index in [1.54, 1.807) is 55.5 Å². The number of hydrogen-bond acceptors (Lipinski definition) is 7. The average Bonchev–Trinajstić information content (AvgIpc) is 2.73. The number of rotatable bonds is 7. The fourth-order valence-corrected chi connectivity index (χ4v) is 2.74. The van der Waals surface area contributed by atoms with Crippen molar-refractivity contribution in [1.29, 1.82) is 0 Å². The molecule has 0 amide bonds. The summed E-state index contributed by atoms with van der Waals surface area (Å²) in [4.78, 5) is 29.0. The standard InChI is InChI=1S/C21H20N2O6/c1-3-27-15-11-9-14(10-12-15)20(24)29-13-17-19(21(25)28-4-2)23(26)18-8-6-5-7-16(18)22-17/h5-12H,3-4,13H2,1-2H3. The van der Waals surface area contributed by atoms with Crippen LogP contribution >= 0.6 is 0 Å². The van der Waals surface area contributed by atoms with E-state index in [4.69, 9.17) is 14.2 Å². The first-order chi connectivity index (χ1) is 14.0. The van der Waals surface area contributed by atoms with E-state index in [0.717, 1.165) is 0 Å². The quantitative estimate of drug-likeness (QED) is 0.344. The average molecular weight is 396 g/mol. The third kappa shape index (κ3) is 4.43. The summed E-state index contributed by atoms with van der Waals surface area (Å²) >= 11 is 0. The highest BCUT2D eigenvalue weighted by molar-refractivity contribution is 5.90. The zero-order chi connectivity index (χ0) is 20.8. The highest BCUT2D eigenvalue weighted by Gasteiger charge is 2.28. The molecular weight excluding hydrogens is 376 g/mol. The molecule has 8 heteroatoms. The Kier molecular flexibility index (Phi) is 6.23. The number of para-hydroxylation sites is 2. The second-order valence-corrected chi connectivity index (χ2v) is 5.94. The smallest absolute Gasteiger partial charge is 0.407 e. The van der Waals surface area contributed by atoms with Crippen LogP contribution in [0.5, 0.6) is 5.75 Å². The van der Waals surface area contributed by atoms with Crippen LogP contribution in [0.2, 0.25) is 0 Å². The normalized spacial score (nSPS) is 10.6. The Bertz CT molecular complexity index is 1030. The van der Waals surface area contributed by atoms with Gasteiger partial charge >= 0.3 is 17.6 Å². The summed E-state index contributed by atoms with van der Waals surface area (Å²) in [6, 6.07) is 13.0. The Balaban J connectivity index is 1.87. The molecule has 2 aromatic carbocycles. The van der Waals surface area contributed by atoms with E-state index in [0.29, 0.717) is 28.2 Å². The Morgan fingerprint density at radius 3 is 2.38 bits per heavy atom. The van der Waals surface area contributed by atoms with E-state index >= 15 is 0 Å². The maximum Gasteiger partial charge on any atom is 0.407 e. The molecule has 3 aromatic rings. The number of carbonyl (C=O) groups is 2. The highest BCUT2D eigenvalue weighted by atomic mass is 16.5. The van der Waals surface area contributed by atoms with Gasteiger partial charge in [-0.2, -0.15) is 4.73 Å². The molecule has 3 rings (SSSR count). The molecule has 0 unspecified atom stereocenters. The van der Waals surface area contributed by atoms with E-state index < -0.39 is 11.9 Å². The zero-order valence-electron chi connectivity index (χ0n) is 16.1. The molecule has 0 radical (unpaired) electrons. The number of carbonyl (C=O) groups excluding carboxylic acids is 2. The van der Waals surface area contributed by atoms with Crippen molar-refractivity contribution in [2.24, 2.45) is 0 Å². The molecule has 1 aromatic heterocycles. The van der Waals surface area contributed by atoms with Crippen molar-refractivity contribution in [1.82, 2.24) is 4.98 Å². The summed E-state index contributed by atoms with van der Waals surface area (Å²) in [6.07, 6.45) is 0. The Morgan fingerprint density at radius 1 is 0.966 bits per heavy atom. The Morgan fingerprint density at radius 2 is 1.69 bits per heavy atom. The van der Waals surface area contributed by atoms with Crippen LogP contribution in [0.1, 0.15) is 40.4 Å². The molecule has 0 N–H and O–H groups in total. The second kappa shape index (κ2) is 9.01. The molecule has 8 nitrogen and oxygen atoms in total. The van der Waals surface area contributed by atoms with Crippen LogP contribution in [0.25, 0.3) is 11.0 Å². The minimum atomic E-state index is -0.826. The van der Waals surface area contributed by atoms with Crippen LogP contribution in [0, 0.1) is 5.21 Å². The Hall–Kier alpha value is -3.68. The largest absolute Gasteiger partial charge is 0.618 e. The van der Waals surface area contributed by atoms with Crippen LogP contribution in [0.4, 0.5) is 0 Å². The molecule has 0 aliphatic rings. The first-order valence-electron chi connectivity index (χ1n) is 9.13. The summed E-state index contributed by atoms with van der Waals surface area (Å²) in [5.74, 6) is -0.805. The first-order valence-corrected chi connectivity index (χ1v) is 9.13. The summed E-state index contributed by atoms with van der Waals surface area (Å²) in [6.45, 7) is 3.75. The number of aromatic nitrogens is 2. The van der Waals surface area contributed by atoms with Gasteiger partial charge in [-0.3, -0.25) is 0 Å². The lowest BCUT2D eigenvalue weighted by Crippen LogP contribution is -2.39. The maximum absolute atomic E-state index is 12.7. The monoisotopic (exact) mass is 396 g/mol. The molecule has 0 atom stereocenters. The fourth-order valence-electron chi connectivity index (χ4n) is 2.74. The lowest BCUT2D eigenvalue weighted by Gasteiger charge is -2.11. The van der Waals surface area contributed by atoms with Crippen LogP contribution in [0.15, 0.2) is 48.5 Å². The van der Waals surface area contributed by atoms with Crippen molar-refractivity contribution in [2.75, 3.05) is 13.2 Å². The molecule has 0 aliphatic carbocycles. The molecule has 29 heavy (non-hydrogen) atoms. The lowest BCUT2D eigenvalue weighted by molar-refractivity contribution is -0.581. The van der Waals surface area contributed by atoms with Crippen LogP contribution < -0.4 is 9.47 Å². The number of fused-ring (bicyclic) bond motifs is 1. The number of nitrogens with zero attached hydrogens (tertiary/aromatic N) is 2. The predicted octanol–water partition coefficient (Wildman–Crippen LogP) is 2.80. The minimum Gasteiger partial charge on any atom is -0.618 e. The lowest BCUT2D eigenvalue weighted by atomic mass is 10.2. The topological polar surface area (TPSA) is 102 Å².